The van der Waals surface area contributed by atoms with Gasteiger partial charge in [-0.3, -0.25) is 0 Å². The second-order valence-corrected chi connectivity index (χ2v) is 6.62. The Hall–Kier alpha value is -0.390. The van der Waals surface area contributed by atoms with E-state index in [0.717, 1.165) is 13.0 Å². The van der Waals surface area contributed by atoms with Crippen LogP contribution in [-0.2, 0) is 16.3 Å². The van der Waals surface area contributed by atoms with Gasteiger partial charge in [-0.05, 0) is 35.4 Å². The maximum atomic E-state index is 11.2. The summed E-state index contributed by atoms with van der Waals surface area (Å²) in [6, 6.07) is 2.09. The summed E-state index contributed by atoms with van der Waals surface area (Å²) in [6.07, 6.45) is 0.968. The van der Waals surface area contributed by atoms with Crippen molar-refractivity contribution < 1.29 is 8.42 Å². The van der Waals surface area contributed by atoms with Crippen molar-refractivity contribution >= 4 is 21.2 Å². The maximum absolute atomic E-state index is 11.2. The van der Waals surface area contributed by atoms with Gasteiger partial charge >= 0.3 is 0 Å². The quantitative estimate of drug-likeness (QED) is 0.739. The van der Waals surface area contributed by atoms with E-state index in [0.29, 0.717) is 6.54 Å². The molecule has 0 aliphatic carbocycles. The Kier molecular flexibility index (Phi) is 5.28. The summed E-state index contributed by atoms with van der Waals surface area (Å²) in [7, 11) is -2.81. The second-order valence-electron chi connectivity index (χ2n) is 3.37. The molecule has 0 bridgehead atoms. The van der Waals surface area contributed by atoms with Crippen molar-refractivity contribution in [1.29, 1.82) is 0 Å². The van der Waals surface area contributed by atoms with Gasteiger partial charge in [0, 0.05) is 12.3 Å². The molecular weight excluding hydrogens is 230 g/mol. The summed E-state index contributed by atoms with van der Waals surface area (Å²) in [5.74, 6) is 0.479. The molecule has 0 saturated carbocycles. The van der Waals surface area contributed by atoms with Gasteiger partial charge in [-0.2, -0.15) is 11.3 Å². The fourth-order valence-electron chi connectivity index (χ4n) is 1.16. The molecule has 15 heavy (non-hydrogen) atoms. The molecule has 1 heterocycles. The third kappa shape index (κ3) is 5.30. The predicted octanol–water partition coefficient (Wildman–Crippen LogP) is 1.31. The van der Waals surface area contributed by atoms with Gasteiger partial charge in [0.2, 0.25) is 0 Å². The molecule has 1 N–H and O–H groups in total. The van der Waals surface area contributed by atoms with Crippen molar-refractivity contribution in [2.24, 2.45) is 0 Å². The van der Waals surface area contributed by atoms with Crippen LogP contribution in [0.15, 0.2) is 16.8 Å². The van der Waals surface area contributed by atoms with Crippen molar-refractivity contribution in [2.75, 3.05) is 24.6 Å². The lowest BCUT2D eigenvalue weighted by Crippen LogP contribution is -2.25. The summed E-state index contributed by atoms with van der Waals surface area (Å²) < 4.78 is 22.3. The predicted molar refractivity (Wildman–Crippen MR) is 65.2 cm³/mol. The Morgan fingerprint density at radius 3 is 2.80 bits per heavy atom. The number of nitrogens with one attached hydrogen (secondary N) is 1. The van der Waals surface area contributed by atoms with Gasteiger partial charge in [0.15, 0.2) is 9.84 Å². The number of hydrogen-bond donors (Lipinski definition) is 1. The average molecular weight is 247 g/mol. The van der Waals surface area contributed by atoms with Crippen molar-refractivity contribution in [3.63, 3.8) is 0 Å². The number of sulfone groups is 1. The minimum absolute atomic E-state index is 0.235. The van der Waals surface area contributed by atoms with Gasteiger partial charge < -0.3 is 5.32 Å². The standard InChI is InChI=1S/C10H17NO2S2/c1-2-15(12,13)8-6-11-5-3-10-4-7-14-9-10/h4,7,9,11H,2-3,5-6,8H2,1H3. The molecular formula is C10H17NO2S2. The van der Waals surface area contributed by atoms with Gasteiger partial charge in [0.1, 0.15) is 0 Å². The van der Waals surface area contributed by atoms with Crippen molar-refractivity contribution in [2.45, 2.75) is 13.3 Å². The van der Waals surface area contributed by atoms with E-state index in [2.05, 4.69) is 22.1 Å². The van der Waals surface area contributed by atoms with E-state index in [1.54, 1.807) is 18.3 Å². The molecule has 3 nitrogen and oxygen atoms in total. The molecule has 0 saturated heterocycles. The largest absolute Gasteiger partial charge is 0.315 e. The highest BCUT2D eigenvalue weighted by atomic mass is 32.2. The first-order valence-corrected chi connectivity index (χ1v) is 7.82. The first-order chi connectivity index (χ1) is 7.14. The van der Waals surface area contributed by atoms with Crippen LogP contribution >= 0.6 is 11.3 Å². The van der Waals surface area contributed by atoms with E-state index in [4.69, 9.17) is 0 Å². The topological polar surface area (TPSA) is 46.2 Å². The first-order valence-electron chi connectivity index (χ1n) is 5.06. The van der Waals surface area contributed by atoms with Gasteiger partial charge in [-0.15, -0.1) is 0 Å². The Bertz CT molecular complexity index is 357. The number of thiophene rings is 1. The average Bonchev–Trinajstić information content (AvgIpc) is 2.70. The molecule has 0 aliphatic rings. The zero-order valence-electron chi connectivity index (χ0n) is 8.90. The molecule has 0 amide bonds. The van der Waals surface area contributed by atoms with Crippen molar-refractivity contribution in [3.05, 3.63) is 22.4 Å². The number of hydrogen-bond acceptors (Lipinski definition) is 4. The van der Waals surface area contributed by atoms with Crippen molar-refractivity contribution in [1.82, 2.24) is 5.32 Å². The molecule has 1 aromatic heterocycles. The van der Waals surface area contributed by atoms with Crippen LogP contribution in [0.5, 0.6) is 0 Å². The zero-order valence-corrected chi connectivity index (χ0v) is 10.5. The van der Waals surface area contributed by atoms with E-state index < -0.39 is 9.84 Å². The summed E-state index contributed by atoms with van der Waals surface area (Å²) in [6.45, 7) is 3.08. The Labute approximate surface area is 95.4 Å². The molecule has 0 fully saturated rings. The lowest BCUT2D eigenvalue weighted by atomic mass is 10.2. The van der Waals surface area contributed by atoms with Crippen LogP contribution in [0.3, 0.4) is 0 Å². The monoisotopic (exact) mass is 247 g/mol. The van der Waals surface area contributed by atoms with E-state index in [-0.39, 0.29) is 11.5 Å². The fourth-order valence-corrected chi connectivity index (χ4v) is 2.61. The molecule has 0 atom stereocenters. The Balaban J connectivity index is 2.08. The molecule has 5 heteroatoms. The van der Waals surface area contributed by atoms with Crippen LogP contribution in [0.25, 0.3) is 0 Å². The summed E-state index contributed by atoms with van der Waals surface area (Å²) in [5.41, 5.74) is 1.31. The lowest BCUT2D eigenvalue weighted by molar-refractivity contribution is 0.592. The van der Waals surface area contributed by atoms with Crippen LogP contribution in [0, 0.1) is 0 Å². The van der Waals surface area contributed by atoms with Gasteiger partial charge in [0.05, 0.1) is 5.75 Å². The summed E-state index contributed by atoms with van der Waals surface area (Å²) in [5, 5.41) is 7.31. The molecule has 0 aromatic carbocycles. The molecule has 0 unspecified atom stereocenters. The van der Waals surface area contributed by atoms with Gasteiger partial charge in [0.25, 0.3) is 0 Å². The van der Waals surface area contributed by atoms with Gasteiger partial charge in [-0.25, -0.2) is 8.42 Å². The highest BCUT2D eigenvalue weighted by Crippen LogP contribution is 2.05. The van der Waals surface area contributed by atoms with Crippen LogP contribution < -0.4 is 5.32 Å². The van der Waals surface area contributed by atoms with Crippen LogP contribution in [-0.4, -0.2) is 33.0 Å². The SMILES string of the molecule is CCS(=O)(=O)CCNCCc1ccsc1. The van der Waals surface area contributed by atoms with E-state index in [1.807, 2.05) is 0 Å². The van der Waals surface area contributed by atoms with Crippen LogP contribution in [0.2, 0.25) is 0 Å². The number of rotatable bonds is 7. The minimum Gasteiger partial charge on any atom is -0.315 e. The molecule has 0 radical (unpaired) electrons. The lowest BCUT2D eigenvalue weighted by Gasteiger charge is -2.03. The highest BCUT2D eigenvalue weighted by Gasteiger charge is 2.05. The van der Waals surface area contributed by atoms with E-state index in [9.17, 15) is 8.42 Å². The van der Waals surface area contributed by atoms with E-state index >= 15 is 0 Å². The normalized spacial score (nSPS) is 11.8. The Morgan fingerprint density at radius 2 is 2.20 bits per heavy atom. The van der Waals surface area contributed by atoms with E-state index in [1.165, 1.54) is 5.56 Å². The minimum atomic E-state index is -2.81. The summed E-state index contributed by atoms with van der Waals surface area (Å²) in [4.78, 5) is 0. The molecule has 1 rings (SSSR count). The smallest absolute Gasteiger partial charge is 0.151 e. The summed E-state index contributed by atoms with van der Waals surface area (Å²) >= 11 is 1.69. The molecule has 1 aromatic rings. The van der Waals surface area contributed by atoms with Crippen LogP contribution in [0.1, 0.15) is 12.5 Å². The maximum Gasteiger partial charge on any atom is 0.151 e. The first kappa shape index (κ1) is 12.7. The molecule has 0 aliphatic heterocycles. The third-order valence-corrected chi connectivity index (χ3v) is 4.64. The molecule has 0 spiro atoms. The fraction of sp³-hybridized carbons (Fsp3) is 0.600. The second kappa shape index (κ2) is 6.25. The molecule has 86 valence electrons. The van der Waals surface area contributed by atoms with Gasteiger partial charge in [-0.1, -0.05) is 6.92 Å². The zero-order chi connectivity index (χ0) is 11.1. The highest BCUT2D eigenvalue weighted by molar-refractivity contribution is 7.91. The van der Waals surface area contributed by atoms with Crippen LogP contribution in [0.4, 0.5) is 0 Å². The Morgan fingerprint density at radius 1 is 1.40 bits per heavy atom. The van der Waals surface area contributed by atoms with Crippen molar-refractivity contribution in [3.8, 4) is 0 Å². The third-order valence-electron chi connectivity index (χ3n) is 2.20.